The van der Waals surface area contributed by atoms with E-state index in [1.165, 1.54) is 21.9 Å². The van der Waals surface area contributed by atoms with Crippen molar-refractivity contribution in [3.05, 3.63) is 63.0 Å². The molecule has 7 heteroatoms. The summed E-state index contributed by atoms with van der Waals surface area (Å²) in [5, 5.41) is 5.16. The predicted molar refractivity (Wildman–Crippen MR) is 91.2 cm³/mol. The maximum atomic E-state index is 12.1. The first-order valence-corrected chi connectivity index (χ1v) is 8.45. The average molecular weight is 343 g/mol. The van der Waals surface area contributed by atoms with E-state index in [4.69, 9.17) is 4.74 Å². The Morgan fingerprint density at radius 2 is 2.04 bits per heavy atom. The minimum atomic E-state index is -0.442. The van der Waals surface area contributed by atoms with Gasteiger partial charge in [-0.3, -0.25) is 4.79 Å². The Labute approximate surface area is 142 Å². The molecule has 2 heterocycles. The lowest BCUT2D eigenvalue weighted by atomic mass is 10.1. The highest BCUT2D eigenvalue weighted by atomic mass is 32.1. The number of hydrogen-bond acceptors (Lipinski definition) is 6. The Morgan fingerprint density at radius 1 is 1.29 bits per heavy atom. The highest BCUT2D eigenvalue weighted by molar-refractivity contribution is 7.16. The number of rotatable bonds is 5. The molecule has 3 aromatic rings. The molecule has 0 N–H and O–H groups in total. The molecule has 0 unspecified atom stereocenters. The molecule has 0 spiro atoms. The van der Waals surface area contributed by atoms with Crippen LogP contribution in [-0.4, -0.2) is 20.6 Å². The van der Waals surface area contributed by atoms with Gasteiger partial charge >= 0.3 is 5.97 Å². The van der Waals surface area contributed by atoms with Crippen molar-refractivity contribution < 1.29 is 9.53 Å². The highest BCUT2D eigenvalue weighted by Gasteiger charge is 2.12. The highest BCUT2D eigenvalue weighted by Crippen LogP contribution is 2.15. The zero-order valence-corrected chi connectivity index (χ0v) is 14.2. The molecule has 3 rings (SSSR count). The van der Waals surface area contributed by atoms with Gasteiger partial charge in [0.05, 0.1) is 11.3 Å². The molecule has 0 radical (unpaired) electrons. The van der Waals surface area contributed by atoms with Gasteiger partial charge in [-0.2, -0.15) is 9.61 Å². The summed E-state index contributed by atoms with van der Waals surface area (Å²) >= 11 is 1.38. The Kier molecular flexibility index (Phi) is 4.71. The second kappa shape index (κ2) is 6.92. The summed E-state index contributed by atoms with van der Waals surface area (Å²) in [5.74, 6) is 0.00922. The Balaban J connectivity index is 1.78. The van der Waals surface area contributed by atoms with Gasteiger partial charge in [0.1, 0.15) is 11.6 Å². The molecule has 0 bridgehead atoms. The largest absolute Gasteiger partial charge is 0.456 e. The Hall–Kier alpha value is -2.54. The zero-order valence-electron chi connectivity index (χ0n) is 13.4. The maximum Gasteiger partial charge on any atom is 0.338 e. The van der Waals surface area contributed by atoms with Crippen LogP contribution in [0.15, 0.2) is 41.2 Å². The third-order valence-electron chi connectivity index (χ3n) is 3.28. The molecular weight excluding hydrogens is 326 g/mol. The Morgan fingerprint density at radius 3 is 2.75 bits per heavy atom. The molecule has 0 fully saturated rings. The predicted octanol–water partition coefficient (Wildman–Crippen LogP) is 2.71. The second-order valence-electron chi connectivity index (χ2n) is 5.82. The van der Waals surface area contributed by atoms with Crippen LogP contribution >= 0.6 is 11.3 Å². The summed E-state index contributed by atoms with van der Waals surface area (Å²) in [7, 11) is 0. The van der Waals surface area contributed by atoms with E-state index in [1.807, 2.05) is 6.07 Å². The fraction of sp³-hybridized carbons (Fsp3) is 0.294. The van der Waals surface area contributed by atoms with Crippen LogP contribution in [0.5, 0.6) is 0 Å². The molecule has 124 valence electrons. The van der Waals surface area contributed by atoms with Crippen molar-refractivity contribution in [3.63, 3.8) is 0 Å². The van der Waals surface area contributed by atoms with Crippen LogP contribution in [-0.2, 0) is 17.8 Å². The minimum absolute atomic E-state index is 0.0448. The van der Waals surface area contributed by atoms with Crippen LogP contribution in [0.3, 0.4) is 0 Å². The molecular formula is C17H17N3O3S. The van der Waals surface area contributed by atoms with E-state index in [-0.39, 0.29) is 12.2 Å². The molecule has 0 aliphatic heterocycles. The average Bonchev–Trinajstić information content (AvgIpc) is 2.95. The smallest absolute Gasteiger partial charge is 0.338 e. The second-order valence-corrected chi connectivity index (χ2v) is 6.86. The van der Waals surface area contributed by atoms with Crippen LogP contribution in [0.4, 0.5) is 0 Å². The molecule has 0 amide bonds. The number of carbonyl (C=O) groups is 1. The van der Waals surface area contributed by atoms with Gasteiger partial charge in [-0.05, 0) is 18.1 Å². The van der Waals surface area contributed by atoms with Crippen molar-refractivity contribution in [1.82, 2.24) is 14.6 Å². The lowest BCUT2D eigenvalue weighted by Gasteiger charge is -2.04. The number of nitrogens with zero attached hydrogens (tertiary/aromatic N) is 3. The van der Waals surface area contributed by atoms with Crippen LogP contribution in [0.1, 0.15) is 34.9 Å². The molecule has 0 aliphatic carbocycles. The summed E-state index contributed by atoms with van der Waals surface area (Å²) in [4.78, 5) is 29.0. The van der Waals surface area contributed by atoms with E-state index in [1.54, 1.807) is 24.3 Å². The first kappa shape index (κ1) is 16.3. The summed E-state index contributed by atoms with van der Waals surface area (Å²) in [6, 6.07) is 10.1. The van der Waals surface area contributed by atoms with Crippen molar-refractivity contribution in [1.29, 1.82) is 0 Å². The van der Waals surface area contributed by atoms with Crippen molar-refractivity contribution in [3.8, 4) is 0 Å². The van der Waals surface area contributed by atoms with Gasteiger partial charge in [-0.1, -0.05) is 43.4 Å². The summed E-state index contributed by atoms with van der Waals surface area (Å²) in [6.45, 7) is 4.14. The van der Waals surface area contributed by atoms with Crippen molar-refractivity contribution in [2.75, 3.05) is 0 Å². The standard InChI is InChI=1S/C17H17N3O3S/c1-11(2)8-14-19-20-15(21)9-13(18-17(20)24-14)10-23-16(22)12-6-4-3-5-7-12/h3-7,9,11H,8,10H2,1-2H3. The Bertz CT molecular complexity index is 916. The van der Waals surface area contributed by atoms with Crippen LogP contribution in [0, 0.1) is 5.92 Å². The third kappa shape index (κ3) is 3.68. The molecule has 2 aromatic heterocycles. The molecule has 0 saturated heterocycles. The normalized spacial score (nSPS) is 11.1. The van der Waals surface area contributed by atoms with Gasteiger partial charge in [0.15, 0.2) is 0 Å². The molecule has 0 atom stereocenters. The van der Waals surface area contributed by atoms with Crippen molar-refractivity contribution >= 4 is 22.3 Å². The van der Waals surface area contributed by atoms with Crippen LogP contribution < -0.4 is 5.56 Å². The topological polar surface area (TPSA) is 73.6 Å². The summed E-state index contributed by atoms with van der Waals surface area (Å²) < 4.78 is 6.52. The van der Waals surface area contributed by atoms with E-state index in [0.717, 1.165) is 11.4 Å². The van der Waals surface area contributed by atoms with Crippen molar-refractivity contribution in [2.24, 2.45) is 5.92 Å². The molecule has 0 saturated carbocycles. The van der Waals surface area contributed by atoms with E-state index in [0.29, 0.717) is 22.1 Å². The van der Waals surface area contributed by atoms with Gasteiger partial charge < -0.3 is 4.74 Å². The number of hydrogen-bond donors (Lipinski definition) is 0. The number of benzene rings is 1. The lowest BCUT2D eigenvalue weighted by Crippen LogP contribution is -2.16. The molecule has 6 nitrogen and oxygen atoms in total. The van der Waals surface area contributed by atoms with E-state index < -0.39 is 5.97 Å². The van der Waals surface area contributed by atoms with E-state index >= 15 is 0 Å². The SMILES string of the molecule is CC(C)Cc1nn2c(=O)cc(COC(=O)c3ccccc3)nc2s1. The molecule has 24 heavy (non-hydrogen) atoms. The molecule has 1 aromatic carbocycles. The quantitative estimate of drug-likeness (QED) is 0.666. The molecule has 0 aliphatic rings. The lowest BCUT2D eigenvalue weighted by molar-refractivity contribution is 0.0468. The summed E-state index contributed by atoms with van der Waals surface area (Å²) in [6.07, 6.45) is 0.797. The first-order valence-electron chi connectivity index (χ1n) is 7.64. The number of ether oxygens (including phenoxy) is 1. The van der Waals surface area contributed by atoms with Gasteiger partial charge in [-0.25, -0.2) is 9.78 Å². The maximum absolute atomic E-state index is 12.1. The van der Waals surface area contributed by atoms with Gasteiger partial charge in [0, 0.05) is 12.5 Å². The van der Waals surface area contributed by atoms with Crippen molar-refractivity contribution in [2.45, 2.75) is 26.9 Å². The third-order valence-corrected chi connectivity index (χ3v) is 4.21. The number of aromatic nitrogens is 3. The number of esters is 1. The van der Waals surface area contributed by atoms with Gasteiger partial charge in [0.25, 0.3) is 5.56 Å². The number of carbonyl (C=O) groups excluding carboxylic acids is 1. The van der Waals surface area contributed by atoms with E-state index in [2.05, 4.69) is 23.9 Å². The van der Waals surface area contributed by atoms with Crippen LogP contribution in [0.2, 0.25) is 0 Å². The summed E-state index contributed by atoms with van der Waals surface area (Å²) in [5.41, 5.74) is 0.619. The van der Waals surface area contributed by atoms with Crippen LogP contribution in [0.25, 0.3) is 4.96 Å². The fourth-order valence-electron chi connectivity index (χ4n) is 2.20. The van der Waals surface area contributed by atoms with E-state index in [9.17, 15) is 9.59 Å². The van der Waals surface area contributed by atoms with Gasteiger partial charge in [-0.15, -0.1) is 0 Å². The fourth-order valence-corrected chi connectivity index (χ4v) is 3.33. The monoisotopic (exact) mass is 343 g/mol. The zero-order chi connectivity index (χ0) is 17.1. The first-order chi connectivity index (χ1) is 11.5. The number of fused-ring (bicyclic) bond motifs is 1. The minimum Gasteiger partial charge on any atom is -0.456 e. The van der Waals surface area contributed by atoms with Gasteiger partial charge in [0.2, 0.25) is 4.96 Å².